The molecular formula is C12H21N3O. The van der Waals surface area contributed by atoms with Crippen molar-refractivity contribution in [3.8, 4) is 5.75 Å². The predicted octanol–water partition coefficient (Wildman–Crippen LogP) is 1.30. The molecule has 0 aromatic carbocycles. The van der Waals surface area contributed by atoms with Gasteiger partial charge in [-0.1, -0.05) is 0 Å². The average Bonchev–Trinajstić information content (AvgIpc) is 2.30. The van der Waals surface area contributed by atoms with Crippen LogP contribution in [-0.4, -0.2) is 44.7 Å². The van der Waals surface area contributed by atoms with Crippen LogP contribution in [0.15, 0.2) is 18.3 Å². The van der Waals surface area contributed by atoms with Crippen molar-refractivity contribution >= 4 is 0 Å². The predicted molar refractivity (Wildman–Crippen MR) is 65.8 cm³/mol. The van der Waals surface area contributed by atoms with E-state index < -0.39 is 0 Å². The number of aromatic nitrogens is 1. The molecule has 4 nitrogen and oxygen atoms in total. The Morgan fingerprint density at radius 1 is 1.50 bits per heavy atom. The van der Waals surface area contributed by atoms with E-state index in [2.05, 4.69) is 29.3 Å². The molecule has 0 saturated heterocycles. The fourth-order valence-electron chi connectivity index (χ4n) is 1.64. The quantitative estimate of drug-likeness (QED) is 0.789. The van der Waals surface area contributed by atoms with Gasteiger partial charge in [0.1, 0.15) is 5.75 Å². The van der Waals surface area contributed by atoms with Crippen molar-refractivity contribution in [2.75, 3.05) is 34.8 Å². The Kier molecular flexibility index (Phi) is 5.22. The highest BCUT2D eigenvalue weighted by Gasteiger charge is 2.15. The van der Waals surface area contributed by atoms with E-state index in [1.54, 1.807) is 13.3 Å². The van der Waals surface area contributed by atoms with Gasteiger partial charge < -0.3 is 15.0 Å². The molecule has 0 aliphatic carbocycles. The van der Waals surface area contributed by atoms with Crippen LogP contribution in [0, 0.1) is 0 Å². The van der Waals surface area contributed by atoms with E-state index >= 15 is 0 Å². The highest BCUT2D eigenvalue weighted by Crippen LogP contribution is 2.24. The van der Waals surface area contributed by atoms with Gasteiger partial charge in [-0.05, 0) is 46.2 Å². The molecule has 16 heavy (non-hydrogen) atoms. The summed E-state index contributed by atoms with van der Waals surface area (Å²) in [5.41, 5.74) is 0.981. The number of nitrogens with zero attached hydrogens (tertiary/aromatic N) is 2. The lowest BCUT2D eigenvalue weighted by Crippen LogP contribution is -2.24. The van der Waals surface area contributed by atoms with Crippen LogP contribution in [0.4, 0.5) is 0 Å². The van der Waals surface area contributed by atoms with Gasteiger partial charge in [0.15, 0.2) is 0 Å². The largest absolute Gasteiger partial charge is 0.495 e. The highest BCUT2D eigenvalue weighted by atomic mass is 16.5. The van der Waals surface area contributed by atoms with Gasteiger partial charge in [-0.25, -0.2) is 0 Å². The van der Waals surface area contributed by atoms with Crippen LogP contribution in [0.2, 0.25) is 0 Å². The fourth-order valence-corrected chi connectivity index (χ4v) is 1.64. The Balaban J connectivity index is 2.77. The molecule has 1 N–H and O–H groups in total. The molecule has 0 spiro atoms. The minimum atomic E-state index is 0.235. The van der Waals surface area contributed by atoms with Crippen molar-refractivity contribution in [2.24, 2.45) is 0 Å². The number of ether oxygens (including phenoxy) is 1. The van der Waals surface area contributed by atoms with Crippen molar-refractivity contribution in [2.45, 2.75) is 12.5 Å². The minimum Gasteiger partial charge on any atom is -0.495 e. The minimum absolute atomic E-state index is 0.235. The molecule has 0 aliphatic heterocycles. The summed E-state index contributed by atoms with van der Waals surface area (Å²) < 4.78 is 5.32. The van der Waals surface area contributed by atoms with Gasteiger partial charge in [0, 0.05) is 6.20 Å². The number of hydrogen-bond acceptors (Lipinski definition) is 4. The second-order valence-electron chi connectivity index (χ2n) is 4.02. The van der Waals surface area contributed by atoms with E-state index in [1.807, 2.05) is 19.2 Å². The lowest BCUT2D eigenvalue weighted by molar-refractivity contribution is 0.353. The monoisotopic (exact) mass is 223 g/mol. The van der Waals surface area contributed by atoms with E-state index in [0.29, 0.717) is 0 Å². The summed E-state index contributed by atoms with van der Waals surface area (Å²) in [7, 11) is 7.78. The Bertz CT molecular complexity index is 315. The van der Waals surface area contributed by atoms with E-state index in [1.165, 1.54) is 0 Å². The first-order valence-corrected chi connectivity index (χ1v) is 5.50. The van der Waals surface area contributed by atoms with Crippen molar-refractivity contribution < 1.29 is 4.74 Å². The summed E-state index contributed by atoms with van der Waals surface area (Å²) in [6, 6.07) is 4.07. The van der Waals surface area contributed by atoms with Crippen molar-refractivity contribution in [3.63, 3.8) is 0 Å². The third-order valence-corrected chi connectivity index (χ3v) is 2.56. The summed E-state index contributed by atoms with van der Waals surface area (Å²) in [5, 5.41) is 3.28. The molecule has 0 amide bonds. The SMILES string of the molecule is CNC(CCN(C)C)c1ncccc1OC. The standard InChI is InChI=1S/C12H21N3O/c1-13-10(7-9-15(2)3)12-11(16-4)6-5-8-14-12/h5-6,8,10,13H,7,9H2,1-4H3. The van der Waals surface area contributed by atoms with Crippen LogP contribution < -0.4 is 10.1 Å². The van der Waals surface area contributed by atoms with Crippen LogP contribution in [-0.2, 0) is 0 Å². The number of pyridine rings is 1. The number of methoxy groups -OCH3 is 1. The fraction of sp³-hybridized carbons (Fsp3) is 0.583. The molecule has 1 atom stereocenters. The van der Waals surface area contributed by atoms with Gasteiger partial charge in [-0.2, -0.15) is 0 Å². The van der Waals surface area contributed by atoms with Crippen LogP contribution >= 0.6 is 0 Å². The zero-order chi connectivity index (χ0) is 12.0. The van der Waals surface area contributed by atoms with E-state index in [9.17, 15) is 0 Å². The van der Waals surface area contributed by atoms with Gasteiger partial charge in [-0.15, -0.1) is 0 Å². The van der Waals surface area contributed by atoms with Crippen LogP contribution in [0.5, 0.6) is 5.75 Å². The number of nitrogens with one attached hydrogen (secondary N) is 1. The van der Waals surface area contributed by atoms with E-state index in [4.69, 9.17) is 4.74 Å². The molecule has 0 bridgehead atoms. The van der Waals surface area contributed by atoms with Gasteiger partial charge >= 0.3 is 0 Å². The van der Waals surface area contributed by atoms with Crippen LogP contribution in [0.1, 0.15) is 18.2 Å². The second-order valence-corrected chi connectivity index (χ2v) is 4.02. The van der Waals surface area contributed by atoms with Crippen molar-refractivity contribution in [1.82, 2.24) is 15.2 Å². The molecule has 1 rings (SSSR count). The van der Waals surface area contributed by atoms with Crippen LogP contribution in [0.25, 0.3) is 0 Å². The third-order valence-electron chi connectivity index (χ3n) is 2.56. The Morgan fingerprint density at radius 2 is 2.25 bits per heavy atom. The number of rotatable bonds is 6. The van der Waals surface area contributed by atoms with E-state index in [-0.39, 0.29) is 6.04 Å². The summed E-state index contributed by atoms with van der Waals surface area (Å²) >= 11 is 0. The molecule has 0 fully saturated rings. The topological polar surface area (TPSA) is 37.4 Å². The number of hydrogen-bond donors (Lipinski definition) is 1. The lowest BCUT2D eigenvalue weighted by atomic mass is 10.1. The molecule has 1 heterocycles. The maximum absolute atomic E-state index is 5.32. The molecular weight excluding hydrogens is 202 g/mol. The van der Waals surface area contributed by atoms with Gasteiger partial charge in [0.05, 0.1) is 18.8 Å². The first kappa shape index (κ1) is 12.9. The van der Waals surface area contributed by atoms with Crippen molar-refractivity contribution in [1.29, 1.82) is 0 Å². The van der Waals surface area contributed by atoms with Gasteiger partial charge in [0.2, 0.25) is 0 Å². The summed E-state index contributed by atoms with van der Waals surface area (Å²) in [5.74, 6) is 0.848. The molecule has 90 valence electrons. The zero-order valence-corrected chi connectivity index (χ0v) is 10.5. The Labute approximate surface area is 97.6 Å². The average molecular weight is 223 g/mol. The maximum Gasteiger partial charge on any atom is 0.141 e. The molecule has 0 aliphatic rings. The Hall–Kier alpha value is -1.13. The smallest absolute Gasteiger partial charge is 0.141 e. The first-order valence-electron chi connectivity index (χ1n) is 5.50. The molecule has 0 saturated carbocycles. The first-order chi connectivity index (χ1) is 7.69. The molecule has 4 heteroatoms. The molecule has 1 aromatic heterocycles. The zero-order valence-electron chi connectivity index (χ0n) is 10.5. The van der Waals surface area contributed by atoms with Gasteiger partial charge in [0.25, 0.3) is 0 Å². The lowest BCUT2D eigenvalue weighted by Gasteiger charge is -2.19. The second kappa shape index (κ2) is 6.45. The molecule has 0 radical (unpaired) electrons. The highest BCUT2D eigenvalue weighted by molar-refractivity contribution is 5.29. The van der Waals surface area contributed by atoms with Crippen molar-refractivity contribution in [3.05, 3.63) is 24.0 Å². The maximum atomic E-state index is 5.32. The summed E-state index contributed by atoms with van der Waals surface area (Å²) in [6.07, 6.45) is 2.81. The molecule has 1 unspecified atom stereocenters. The summed E-state index contributed by atoms with van der Waals surface area (Å²) in [4.78, 5) is 6.56. The normalized spacial score (nSPS) is 12.8. The Morgan fingerprint density at radius 3 is 2.81 bits per heavy atom. The van der Waals surface area contributed by atoms with Gasteiger partial charge in [-0.3, -0.25) is 4.98 Å². The molecule has 1 aromatic rings. The van der Waals surface area contributed by atoms with Crippen LogP contribution in [0.3, 0.4) is 0 Å². The summed E-state index contributed by atoms with van der Waals surface area (Å²) in [6.45, 7) is 1.02. The van der Waals surface area contributed by atoms with E-state index in [0.717, 1.165) is 24.4 Å². The third kappa shape index (κ3) is 3.47.